The van der Waals surface area contributed by atoms with Crippen LogP contribution in [-0.4, -0.2) is 36.3 Å². The molecular weight excluding hydrogens is 302 g/mol. The van der Waals surface area contributed by atoms with Gasteiger partial charge in [0.2, 0.25) is 11.8 Å². The van der Waals surface area contributed by atoms with E-state index >= 15 is 0 Å². The minimum atomic E-state index is -0.0252. The van der Waals surface area contributed by atoms with Gasteiger partial charge in [0.25, 0.3) is 0 Å². The standard InChI is InChI=1S/C19H29N3O2/c1-3-18(23)21-17-14-16(9-8-15(17)2)20-19(24)10-13-22-11-6-4-5-7-12-22/h8-9,14H,3-7,10-13H2,1-2H3,(H,20,24)(H,21,23). The van der Waals surface area contributed by atoms with E-state index in [0.29, 0.717) is 12.8 Å². The summed E-state index contributed by atoms with van der Waals surface area (Å²) in [5.41, 5.74) is 2.47. The second-order valence-electron chi connectivity index (χ2n) is 6.49. The van der Waals surface area contributed by atoms with Gasteiger partial charge >= 0.3 is 0 Å². The van der Waals surface area contributed by atoms with Crippen LogP contribution in [0.1, 0.15) is 51.0 Å². The molecule has 0 aliphatic carbocycles. The molecule has 0 radical (unpaired) electrons. The van der Waals surface area contributed by atoms with Gasteiger partial charge in [-0.1, -0.05) is 25.8 Å². The summed E-state index contributed by atoms with van der Waals surface area (Å²) in [6.45, 7) is 6.78. The highest BCUT2D eigenvalue weighted by molar-refractivity contribution is 5.94. The Bertz CT molecular complexity index is 564. The predicted molar refractivity (Wildman–Crippen MR) is 98.3 cm³/mol. The van der Waals surface area contributed by atoms with E-state index in [9.17, 15) is 9.59 Å². The Labute approximate surface area is 144 Å². The minimum Gasteiger partial charge on any atom is -0.326 e. The van der Waals surface area contributed by atoms with E-state index < -0.39 is 0 Å². The Morgan fingerprint density at radius 1 is 1.04 bits per heavy atom. The van der Waals surface area contributed by atoms with Crippen LogP contribution in [0.5, 0.6) is 0 Å². The number of hydrogen-bond donors (Lipinski definition) is 2. The van der Waals surface area contributed by atoms with Crippen LogP contribution >= 0.6 is 0 Å². The molecule has 1 aromatic rings. The second kappa shape index (κ2) is 9.42. The van der Waals surface area contributed by atoms with E-state index in [4.69, 9.17) is 0 Å². The average molecular weight is 331 g/mol. The van der Waals surface area contributed by atoms with Crippen LogP contribution in [0.3, 0.4) is 0 Å². The monoisotopic (exact) mass is 331 g/mol. The van der Waals surface area contributed by atoms with Gasteiger partial charge in [0.1, 0.15) is 0 Å². The maximum absolute atomic E-state index is 12.2. The quantitative estimate of drug-likeness (QED) is 0.838. The van der Waals surface area contributed by atoms with Gasteiger partial charge in [0.15, 0.2) is 0 Å². The number of rotatable bonds is 6. The molecule has 2 N–H and O–H groups in total. The zero-order valence-electron chi connectivity index (χ0n) is 14.9. The summed E-state index contributed by atoms with van der Waals surface area (Å²) in [4.78, 5) is 26.1. The van der Waals surface area contributed by atoms with Crippen molar-refractivity contribution in [3.63, 3.8) is 0 Å². The van der Waals surface area contributed by atoms with Crippen LogP contribution in [0.4, 0.5) is 11.4 Å². The molecule has 1 aromatic carbocycles. The lowest BCUT2D eigenvalue weighted by atomic mass is 10.1. The molecule has 24 heavy (non-hydrogen) atoms. The number of nitrogens with one attached hydrogen (secondary N) is 2. The first-order chi connectivity index (χ1) is 11.6. The largest absolute Gasteiger partial charge is 0.326 e. The predicted octanol–water partition coefficient (Wildman–Crippen LogP) is 3.55. The van der Waals surface area contributed by atoms with E-state index in [1.54, 1.807) is 0 Å². The van der Waals surface area contributed by atoms with Crippen molar-refractivity contribution in [2.75, 3.05) is 30.3 Å². The van der Waals surface area contributed by atoms with Crippen molar-refractivity contribution in [3.05, 3.63) is 23.8 Å². The van der Waals surface area contributed by atoms with Crippen molar-refractivity contribution in [2.45, 2.75) is 52.4 Å². The molecule has 5 nitrogen and oxygen atoms in total. The Kier molecular flexibility index (Phi) is 7.25. The van der Waals surface area contributed by atoms with Gasteiger partial charge in [-0.05, 0) is 50.6 Å². The molecule has 5 heteroatoms. The van der Waals surface area contributed by atoms with Crippen LogP contribution < -0.4 is 10.6 Å². The summed E-state index contributed by atoms with van der Waals surface area (Å²) in [6, 6.07) is 5.61. The molecule has 132 valence electrons. The molecule has 0 bridgehead atoms. The zero-order chi connectivity index (χ0) is 17.4. The van der Waals surface area contributed by atoms with E-state index in [-0.39, 0.29) is 11.8 Å². The van der Waals surface area contributed by atoms with Crippen molar-refractivity contribution in [2.24, 2.45) is 0 Å². The van der Waals surface area contributed by atoms with Crippen molar-refractivity contribution in [1.29, 1.82) is 0 Å². The van der Waals surface area contributed by atoms with Crippen molar-refractivity contribution in [3.8, 4) is 0 Å². The molecule has 2 amide bonds. The summed E-state index contributed by atoms with van der Waals surface area (Å²) >= 11 is 0. The van der Waals surface area contributed by atoms with Gasteiger partial charge in [-0.25, -0.2) is 0 Å². The van der Waals surface area contributed by atoms with Gasteiger partial charge in [-0.3, -0.25) is 9.59 Å². The van der Waals surface area contributed by atoms with Crippen LogP contribution in [-0.2, 0) is 9.59 Å². The van der Waals surface area contributed by atoms with E-state index in [1.807, 2.05) is 32.0 Å². The third-order valence-corrected chi connectivity index (χ3v) is 4.47. The topological polar surface area (TPSA) is 61.4 Å². The number of benzene rings is 1. The molecule has 1 aliphatic rings. The zero-order valence-corrected chi connectivity index (χ0v) is 14.9. The van der Waals surface area contributed by atoms with Gasteiger partial charge < -0.3 is 15.5 Å². The number of hydrogen-bond acceptors (Lipinski definition) is 3. The van der Waals surface area contributed by atoms with Crippen molar-refractivity contribution in [1.82, 2.24) is 4.90 Å². The Balaban J connectivity index is 1.86. The highest BCUT2D eigenvalue weighted by atomic mass is 16.2. The third kappa shape index (κ3) is 5.96. The fourth-order valence-electron chi connectivity index (χ4n) is 2.92. The molecule has 1 saturated heterocycles. The Morgan fingerprint density at radius 2 is 1.75 bits per heavy atom. The van der Waals surface area contributed by atoms with E-state index in [1.165, 1.54) is 25.7 Å². The molecule has 0 aromatic heterocycles. The van der Waals surface area contributed by atoms with Crippen LogP contribution in [0.25, 0.3) is 0 Å². The number of anilines is 2. The van der Waals surface area contributed by atoms with Crippen LogP contribution in [0, 0.1) is 6.92 Å². The lowest BCUT2D eigenvalue weighted by Gasteiger charge is -2.19. The number of carbonyl (C=O) groups is 2. The fourth-order valence-corrected chi connectivity index (χ4v) is 2.92. The summed E-state index contributed by atoms with van der Waals surface area (Å²) in [5, 5.41) is 5.80. The summed E-state index contributed by atoms with van der Waals surface area (Å²) in [7, 11) is 0. The molecule has 0 atom stereocenters. The highest BCUT2D eigenvalue weighted by Crippen LogP contribution is 2.21. The number of likely N-dealkylation sites (tertiary alicyclic amines) is 1. The SMILES string of the molecule is CCC(=O)Nc1cc(NC(=O)CCN2CCCCCC2)ccc1C. The Morgan fingerprint density at radius 3 is 2.42 bits per heavy atom. The number of carbonyl (C=O) groups excluding carboxylic acids is 2. The lowest BCUT2D eigenvalue weighted by molar-refractivity contribution is -0.117. The molecule has 0 spiro atoms. The molecule has 0 unspecified atom stereocenters. The lowest BCUT2D eigenvalue weighted by Crippen LogP contribution is -2.28. The molecule has 1 fully saturated rings. The molecule has 2 rings (SSSR count). The third-order valence-electron chi connectivity index (χ3n) is 4.47. The fraction of sp³-hybridized carbons (Fsp3) is 0.579. The number of amides is 2. The van der Waals surface area contributed by atoms with Crippen LogP contribution in [0.2, 0.25) is 0 Å². The maximum atomic E-state index is 12.2. The smallest absolute Gasteiger partial charge is 0.225 e. The minimum absolute atomic E-state index is 0.0240. The van der Waals surface area contributed by atoms with Crippen LogP contribution in [0.15, 0.2) is 18.2 Å². The van der Waals surface area contributed by atoms with Gasteiger partial charge in [-0.2, -0.15) is 0 Å². The molecule has 0 saturated carbocycles. The van der Waals surface area contributed by atoms with Crippen molar-refractivity contribution < 1.29 is 9.59 Å². The van der Waals surface area contributed by atoms with Gasteiger partial charge in [0, 0.05) is 30.8 Å². The highest BCUT2D eigenvalue weighted by Gasteiger charge is 2.11. The summed E-state index contributed by atoms with van der Waals surface area (Å²) in [6.07, 6.45) is 6.02. The molecular formula is C19H29N3O2. The number of nitrogens with zero attached hydrogens (tertiary/aromatic N) is 1. The van der Waals surface area contributed by atoms with Crippen molar-refractivity contribution >= 4 is 23.2 Å². The molecule has 1 heterocycles. The maximum Gasteiger partial charge on any atom is 0.225 e. The first-order valence-corrected chi connectivity index (χ1v) is 9.01. The Hall–Kier alpha value is -1.88. The summed E-state index contributed by atoms with van der Waals surface area (Å²) in [5.74, 6) is -0.00129. The first-order valence-electron chi connectivity index (χ1n) is 9.01. The normalized spacial score (nSPS) is 15.6. The van der Waals surface area contributed by atoms with E-state index in [0.717, 1.165) is 36.6 Å². The second-order valence-corrected chi connectivity index (χ2v) is 6.49. The summed E-state index contributed by atoms with van der Waals surface area (Å²) < 4.78 is 0. The molecule has 1 aliphatic heterocycles. The number of aryl methyl sites for hydroxylation is 1. The first kappa shape index (κ1) is 18.5. The van der Waals surface area contributed by atoms with E-state index in [2.05, 4.69) is 15.5 Å². The average Bonchev–Trinajstić information content (AvgIpc) is 2.84. The van der Waals surface area contributed by atoms with Gasteiger partial charge in [-0.15, -0.1) is 0 Å². The van der Waals surface area contributed by atoms with Gasteiger partial charge in [0.05, 0.1) is 0 Å².